The van der Waals surface area contributed by atoms with E-state index in [4.69, 9.17) is 0 Å². The van der Waals surface area contributed by atoms with Crippen LogP contribution in [0.2, 0.25) is 0 Å². The first-order valence-corrected chi connectivity index (χ1v) is 11.3. The van der Waals surface area contributed by atoms with Crippen molar-refractivity contribution in [1.82, 2.24) is 9.36 Å². The molecule has 1 aliphatic rings. The topological polar surface area (TPSA) is 9.72 Å². The molecule has 0 N–H and O–H groups in total. The van der Waals surface area contributed by atoms with E-state index in [0.29, 0.717) is 11.1 Å². The van der Waals surface area contributed by atoms with Crippen LogP contribution in [0.3, 0.4) is 0 Å². The van der Waals surface area contributed by atoms with Gasteiger partial charge in [0.15, 0.2) is 0 Å². The first kappa shape index (κ1) is 17.7. The van der Waals surface area contributed by atoms with Gasteiger partial charge in [0.05, 0.1) is 0 Å². The van der Waals surface area contributed by atoms with Crippen LogP contribution in [0.25, 0.3) is 0 Å². The maximum absolute atomic E-state index is 2.80. The molecule has 0 saturated carbocycles. The van der Waals surface area contributed by atoms with E-state index in [1.54, 1.807) is 0 Å². The van der Waals surface area contributed by atoms with E-state index in [-0.39, 0.29) is 5.54 Å². The van der Waals surface area contributed by atoms with Crippen molar-refractivity contribution in [1.29, 1.82) is 0 Å². The zero-order chi connectivity index (χ0) is 15.2. The van der Waals surface area contributed by atoms with Gasteiger partial charge in [-0.1, -0.05) is 0 Å². The Hall–Kier alpha value is 0.679. The second-order valence-electron chi connectivity index (χ2n) is 8.55. The molecule has 3 nitrogen and oxygen atoms in total. The van der Waals surface area contributed by atoms with Gasteiger partial charge in [0.25, 0.3) is 0 Å². The molecule has 1 radical (unpaired) electrons. The van der Waals surface area contributed by atoms with Gasteiger partial charge in [0.2, 0.25) is 0 Å². The predicted octanol–water partition coefficient (Wildman–Crippen LogP) is 3.26. The normalized spacial score (nSPS) is 21.0. The maximum atomic E-state index is 2.80. The Morgan fingerprint density at radius 1 is 0.842 bits per heavy atom. The van der Waals surface area contributed by atoms with Crippen LogP contribution in [0.4, 0.5) is 0 Å². The van der Waals surface area contributed by atoms with E-state index in [1.807, 2.05) is 0 Å². The fourth-order valence-electron chi connectivity index (χ4n) is 2.57. The van der Waals surface area contributed by atoms with E-state index >= 15 is 0 Å². The summed E-state index contributed by atoms with van der Waals surface area (Å²) in [6.07, 6.45) is 0. The van der Waals surface area contributed by atoms with Gasteiger partial charge in [-0.2, -0.15) is 0 Å². The standard InChI is InChI=1S/C9H20N2.C6H14N.Sn/c1-8(2,3)10-7-11-9(4,5)6;1-5-7-6(2,3)4;/h7H2,1-6H3;5H2,1-4H3;/q-2;-1;+3. The third kappa shape index (κ3) is 3.86. The molecule has 0 spiro atoms. The molecule has 19 heavy (non-hydrogen) atoms. The minimum atomic E-state index is -1.90. The van der Waals surface area contributed by atoms with Crippen molar-refractivity contribution in [3.63, 3.8) is 0 Å². The molecule has 0 unspecified atom stereocenters. The summed E-state index contributed by atoms with van der Waals surface area (Å²) in [5.41, 5.74) is 0.876. The Morgan fingerprint density at radius 2 is 1.21 bits per heavy atom. The van der Waals surface area contributed by atoms with Crippen molar-refractivity contribution in [2.45, 2.75) is 85.9 Å². The molecule has 0 aromatic carbocycles. The van der Waals surface area contributed by atoms with Gasteiger partial charge in [-0.3, -0.25) is 0 Å². The first-order valence-electron chi connectivity index (χ1n) is 7.50. The van der Waals surface area contributed by atoms with Crippen LogP contribution in [0.1, 0.15) is 69.2 Å². The molecule has 0 atom stereocenters. The molecule has 0 aliphatic carbocycles. The molecule has 1 saturated heterocycles. The van der Waals surface area contributed by atoms with E-state index < -0.39 is 20.6 Å². The zero-order valence-corrected chi connectivity index (χ0v) is 17.6. The quantitative estimate of drug-likeness (QED) is 0.687. The van der Waals surface area contributed by atoms with Crippen molar-refractivity contribution in [3.8, 4) is 0 Å². The Morgan fingerprint density at radius 3 is 1.42 bits per heavy atom. The fourth-order valence-corrected chi connectivity index (χ4v) is 11.9. The second-order valence-corrected chi connectivity index (χ2v) is 14.9. The monoisotopic (exact) mass is 376 g/mol. The molecule has 0 aromatic heterocycles. The van der Waals surface area contributed by atoms with Crippen LogP contribution < -0.4 is 0 Å². The van der Waals surface area contributed by atoms with Crippen molar-refractivity contribution in [2.24, 2.45) is 0 Å². The van der Waals surface area contributed by atoms with E-state index in [0.717, 1.165) is 13.2 Å². The predicted molar refractivity (Wildman–Crippen MR) is 85.9 cm³/mol. The Kier molecular flexibility index (Phi) is 5.10. The summed E-state index contributed by atoms with van der Waals surface area (Å²) in [7, 11) is 0. The molecule has 0 bridgehead atoms. The Labute approximate surface area is 129 Å². The fraction of sp³-hybridized carbons (Fsp3) is 1.00. The summed E-state index contributed by atoms with van der Waals surface area (Å²) in [5.74, 6) is 0. The molecule has 0 aromatic rings. The van der Waals surface area contributed by atoms with Crippen LogP contribution in [0.5, 0.6) is 0 Å². The van der Waals surface area contributed by atoms with E-state index in [2.05, 4.69) is 78.6 Å². The van der Waals surface area contributed by atoms with Crippen LogP contribution in [0.15, 0.2) is 0 Å². The van der Waals surface area contributed by atoms with Crippen LogP contribution in [0, 0.1) is 0 Å². The Bertz CT molecular complexity index is 289. The molecule has 0 amide bonds. The van der Waals surface area contributed by atoms with Gasteiger partial charge < -0.3 is 0 Å². The van der Waals surface area contributed by atoms with E-state index in [9.17, 15) is 0 Å². The average molecular weight is 375 g/mol. The molecular weight excluding hydrogens is 341 g/mol. The molecule has 1 rings (SSSR count). The molecule has 1 aliphatic heterocycles. The summed E-state index contributed by atoms with van der Waals surface area (Å²) in [6.45, 7) is 25.9. The van der Waals surface area contributed by atoms with Crippen molar-refractivity contribution >= 4 is 20.6 Å². The SMILES string of the molecule is CC[N]([Sn]1[N](C(C)(C)C)C[N]1C(C)(C)C)C(C)(C)C. The molecular formula is C15H34N3Sn. The Balaban J connectivity index is 3.06. The van der Waals surface area contributed by atoms with Gasteiger partial charge in [0, 0.05) is 0 Å². The van der Waals surface area contributed by atoms with Crippen LogP contribution in [-0.4, -0.2) is 59.8 Å². The number of hydrogen-bond donors (Lipinski definition) is 0. The van der Waals surface area contributed by atoms with Gasteiger partial charge in [-0.15, -0.1) is 0 Å². The third-order valence-corrected chi connectivity index (χ3v) is 15.3. The third-order valence-electron chi connectivity index (χ3n) is 3.75. The van der Waals surface area contributed by atoms with Crippen molar-refractivity contribution in [2.75, 3.05) is 13.2 Å². The summed E-state index contributed by atoms with van der Waals surface area (Å²) in [4.78, 5) is 0. The number of nitrogens with zero attached hydrogens (tertiary/aromatic N) is 3. The van der Waals surface area contributed by atoms with Crippen molar-refractivity contribution in [3.05, 3.63) is 0 Å². The molecule has 1 fully saturated rings. The minimum absolute atomic E-state index is 0.275. The number of rotatable bonds is 2. The summed E-state index contributed by atoms with van der Waals surface area (Å²) in [5, 5.41) is 0. The molecule has 113 valence electrons. The van der Waals surface area contributed by atoms with E-state index in [1.165, 1.54) is 0 Å². The van der Waals surface area contributed by atoms with Gasteiger partial charge in [0.1, 0.15) is 0 Å². The first-order chi connectivity index (χ1) is 8.30. The van der Waals surface area contributed by atoms with Gasteiger partial charge in [-0.05, 0) is 0 Å². The average Bonchev–Trinajstić information content (AvgIpc) is 2.04. The summed E-state index contributed by atoms with van der Waals surface area (Å²) >= 11 is -1.90. The molecule has 1 heterocycles. The second kappa shape index (κ2) is 5.47. The van der Waals surface area contributed by atoms with Crippen molar-refractivity contribution < 1.29 is 0 Å². The van der Waals surface area contributed by atoms with Crippen LogP contribution in [-0.2, 0) is 0 Å². The molecule has 4 heteroatoms. The van der Waals surface area contributed by atoms with Gasteiger partial charge >= 0.3 is 129 Å². The number of hydrogen-bond acceptors (Lipinski definition) is 3. The van der Waals surface area contributed by atoms with Gasteiger partial charge in [-0.25, -0.2) is 0 Å². The van der Waals surface area contributed by atoms with Crippen LogP contribution >= 0.6 is 0 Å². The summed E-state index contributed by atoms with van der Waals surface area (Å²) < 4.78 is 8.40. The zero-order valence-electron chi connectivity index (χ0n) is 14.8. The summed E-state index contributed by atoms with van der Waals surface area (Å²) in [6, 6.07) is 0.